The standard InChI is InChI=1S/C29H32Cl3N3O4S/c1-4-20(2)33-29(37)26(17-21-9-6-5-7-10-21)34(18-22-13-15-23(30)16-14-22)27(36)19-35(40(3,38)39)25-12-8-11-24(31)28(25)32/h5-16,20,26H,4,17-19H2,1-3H3,(H,33,37)/t20-,26-/m1/s1. The van der Waals surface area contributed by atoms with Crippen molar-refractivity contribution in [3.8, 4) is 0 Å². The Kier molecular flexibility index (Phi) is 11.3. The maximum atomic E-state index is 14.1. The third-order valence-corrected chi connectivity index (χ3v) is 8.60. The van der Waals surface area contributed by atoms with Crippen LogP contribution in [0.2, 0.25) is 15.1 Å². The number of sulfonamides is 1. The van der Waals surface area contributed by atoms with Crippen molar-refractivity contribution < 1.29 is 18.0 Å². The van der Waals surface area contributed by atoms with E-state index in [-0.39, 0.29) is 40.6 Å². The highest BCUT2D eigenvalue weighted by Gasteiger charge is 2.34. The Balaban J connectivity index is 2.08. The lowest BCUT2D eigenvalue weighted by Gasteiger charge is -2.34. The van der Waals surface area contributed by atoms with Crippen molar-refractivity contribution in [3.05, 3.63) is 99.0 Å². The summed E-state index contributed by atoms with van der Waals surface area (Å²) in [5, 5.41) is 3.66. The van der Waals surface area contributed by atoms with Crippen LogP contribution in [0.4, 0.5) is 5.69 Å². The predicted octanol–water partition coefficient (Wildman–Crippen LogP) is 5.97. The van der Waals surface area contributed by atoms with Gasteiger partial charge in [-0.15, -0.1) is 0 Å². The molecule has 11 heteroatoms. The first kappa shape index (κ1) is 31.7. The highest BCUT2D eigenvalue weighted by molar-refractivity contribution is 7.92. The topological polar surface area (TPSA) is 86.8 Å². The second kappa shape index (κ2) is 14.2. The van der Waals surface area contributed by atoms with Crippen molar-refractivity contribution in [2.45, 2.75) is 45.3 Å². The molecule has 3 rings (SSSR count). The number of nitrogens with one attached hydrogen (secondary N) is 1. The molecule has 0 aliphatic heterocycles. The summed E-state index contributed by atoms with van der Waals surface area (Å²) in [6.45, 7) is 3.29. The molecule has 0 unspecified atom stereocenters. The van der Waals surface area contributed by atoms with E-state index in [9.17, 15) is 18.0 Å². The van der Waals surface area contributed by atoms with E-state index in [4.69, 9.17) is 34.8 Å². The van der Waals surface area contributed by atoms with Crippen LogP contribution in [0.1, 0.15) is 31.4 Å². The molecule has 1 N–H and O–H groups in total. The molecule has 0 radical (unpaired) electrons. The zero-order chi connectivity index (χ0) is 29.4. The van der Waals surface area contributed by atoms with Gasteiger partial charge in [-0.3, -0.25) is 13.9 Å². The summed E-state index contributed by atoms with van der Waals surface area (Å²) in [6, 6.07) is 19.7. The van der Waals surface area contributed by atoms with Crippen LogP contribution in [-0.2, 0) is 32.6 Å². The fourth-order valence-electron chi connectivity index (χ4n) is 4.06. The summed E-state index contributed by atoms with van der Waals surface area (Å²) >= 11 is 18.6. The molecular weight excluding hydrogens is 593 g/mol. The number of nitrogens with zero attached hydrogens (tertiary/aromatic N) is 2. The first-order chi connectivity index (χ1) is 18.9. The maximum Gasteiger partial charge on any atom is 0.244 e. The van der Waals surface area contributed by atoms with Gasteiger partial charge in [-0.05, 0) is 48.7 Å². The van der Waals surface area contributed by atoms with Gasteiger partial charge in [-0.1, -0.05) is 90.3 Å². The van der Waals surface area contributed by atoms with Gasteiger partial charge in [0.1, 0.15) is 12.6 Å². The number of anilines is 1. The minimum Gasteiger partial charge on any atom is -0.352 e. The number of hydrogen-bond donors (Lipinski definition) is 1. The van der Waals surface area contributed by atoms with Gasteiger partial charge in [0.2, 0.25) is 21.8 Å². The van der Waals surface area contributed by atoms with Crippen LogP contribution in [-0.4, -0.2) is 50.0 Å². The monoisotopic (exact) mass is 623 g/mol. The highest BCUT2D eigenvalue weighted by atomic mass is 35.5. The zero-order valence-corrected chi connectivity index (χ0v) is 25.6. The molecule has 7 nitrogen and oxygen atoms in total. The van der Waals surface area contributed by atoms with E-state index in [1.54, 1.807) is 30.3 Å². The molecule has 0 aromatic heterocycles. The van der Waals surface area contributed by atoms with Crippen LogP contribution >= 0.6 is 34.8 Å². The van der Waals surface area contributed by atoms with Crippen molar-refractivity contribution in [2.75, 3.05) is 17.1 Å². The first-order valence-electron chi connectivity index (χ1n) is 12.7. The van der Waals surface area contributed by atoms with Crippen molar-refractivity contribution in [3.63, 3.8) is 0 Å². The molecule has 0 saturated carbocycles. The number of benzene rings is 3. The van der Waals surface area contributed by atoms with E-state index >= 15 is 0 Å². The van der Waals surface area contributed by atoms with Crippen molar-refractivity contribution in [1.82, 2.24) is 10.2 Å². The van der Waals surface area contributed by atoms with Gasteiger partial charge >= 0.3 is 0 Å². The quantitative estimate of drug-likeness (QED) is 0.269. The van der Waals surface area contributed by atoms with Crippen molar-refractivity contribution >= 4 is 62.3 Å². The third-order valence-electron chi connectivity index (χ3n) is 6.42. The van der Waals surface area contributed by atoms with Crippen LogP contribution in [0, 0.1) is 0 Å². The molecule has 0 aliphatic rings. The molecule has 2 atom stereocenters. The van der Waals surface area contributed by atoms with Gasteiger partial charge in [0.05, 0.1) is 22.0 Å². The minimum absolute atomic E-state index is 0.00184. The van der Waals surface area contributed by atoms with E-state index < -0.39 is 28.5 Å². The second-order valence-corrected chi connectivity index (χ2v) is 12.6. The number of halogens is 3. The van der Waals surface area contributed by atoms with Gasteiger partial charge in [-0.25, -0.2) is 8.42 Å². The molecule has 0 saturated heterocycles. The van der Waals surface area contributed by atoms with E-state index in [0.29, 0.717) is 11.4 Å². The summed E-state index contributed by atoms with van der Waals surface area (Å²) < 4.78 is 26.7. The molecule has 0 aliphatic carbocycles. The summed E-state index contributed by atoms with van der Waals surface area (Å²) in [5.74, 6) is -0.927. The summed E-state index contributed by atoms with van der Waals surface area (Å²) in [6.07, 6.45) is 1.90. The van der Waals surface area contributed by atoms with E-state index in [1.165, 1.54) is 17.0 Å². The maximum absolute atomic E-state index is 14.1. The Morgan fingerprint density at radius 3 is 2.15 bits per heavy atom. The van der Waals surface area contributed by atoms with Crippen LogP contribution in [0.3, 0.4) is 0 Å². The van der Waals surface area contributed by atoms with Crippen LogP contribution < -0.4 is 9.62 Å². The van der Waals surface area contributed by atoms with E-state index in [1.807, 2.05) is 44.2 Å². The van der Waals surface area contributed by atoms with Gasteiger partial charge in [0.15, 0.2) is 0 Å². The number of carbonyl (C=O) groups is 2. The Morgan fingerprint density at radius 2 is 1.55 bits per heavy atom. The van der Waals surface area contributed by atoms with E-state index in [2.05, 4.69) is 5.32 Å². The molecule has 2 amide bonds. The predicted molar refractivity (Wildman–Crippen MR) is 162 cm³/mol. The number of amides is 2. The van der Waals surface area contributed by atoms with Crippen LogP contribution in [0.15, 0.2) is 72.8 Å². The largest absolute Gasteiger partial charge is 0.352 e. The van der Waals surface area contributed by atoms with Gasteiger partial charge in [0.25, 0.3) is 0 Å². The molecule has 0 heterocycles. The molecule has 0 fully saturated rings. The molecular formula is C29H32Cl3N3O4S. The average Bonchev–Trinajstić information content (AvgIpc) is 2.91. The lowest BCUT2D eigenvalue weighted by molar-refractivity contribution is -0.140. The number of rotatable bonds is 12. The minimum atomic E-state index is -3.97. The lowest BCUT2D eigenvalue weighted by Crippen LogP contribution is -2.54. The summed E-state index contributed by atoms with van der Waals surface area (Å²) in [4.78, 5) is 29.1. The number of carbonyl (C=O) groups excluding carboxylic acids is 2. The second-order valence-electron chi connectivity index (χ2n) is 9.51. The van der Waals surface area contributed by atoms with Gasteiger partial charge < -0.3 is 10.2 Å². The zero-order valence-electron chi connectivity index (χ0n) is 22.5. The lowest BCUT2D eigenvalue weighted by atomic mass is 10.0. The Morgan fingerprint density at radius 1 is 0.900 bits per heavy atom. The van der Waals surface area contributed by atoms with Crippen molar-refractivity contribution in [1.29, 1.82) is 0 Å². The Bertz CT molecular complexity index is 1420. The molecule has 0 spiro atoms. The fourth-order valence-corrected chi connectivity index (χ4v) is 5.49. The van der Waals surface area contributed by atoms with Crippen LogP contribution in [0.5, 0.6) is 0 Å². The van der Waals surface area contributed by atoms with Gasteiger partial charge in [-0.2, -0.15) is 0 Å². The smallest absolute Gasteiger partial charge is 0.244 e. The Labute approximate surface area is 251 Å². The number of hydrogen-bond acceptors (Lipinski definition) is 4. The molecule has 3 aromatic carbocycles. The molecule has 214 valence electrons. The summed E-state index contributed by atoms with van der Waals surface area (Å²) in [5.41, 5.74) is 1.64. The fraction of sp³-hybridized carbons (Fsp3) is 0.310. The first-order valence-corrected chi connectivity index (χ1v) is 15.7. The molecule has 3 aromatic rings. The SMILES string of the molecule is CC[C@@H](C)NC(=O)[C@@H](Cc1ccccc1)N(Cc1ccc(Cl)cc1)C(=O)CN(c1cccc(Cl)c1Cl)S(C)(=O)=O. The van der Waals surface area contributed by atoms with E-state index in [0.717, 1.165) is 21.7 Å². The molecule has 0 bridgehead atoms. The van der Waals surface area contributed by atoms with Crippen molar-refractivity contribution in [2.24, 2.45) is 0 Å². The van der Waals surface area contributed by atoms with Gasteiger partial charge in [0, 0.05) is 24.0 Å². The Hall–Kier alpha value is -2.78. The van der Waals surface area contributed by atoms with Crippen LogP contribution in [0.25, 0.3) is 0 Å². The third kappa shape index (κ3) is 8.61. The summed E-state index contributed by atoms with van der Waals surface area (Å²) in [7, 11) is -3.97. The highest BCUT2D eigenvalue weighted by Crippen LogP contribution is 2.34. The normalized spacial score (nSPS) is 12.8. The molecule has 40 heavy (non-hydrogen) atoms. The average molecular weight is 625 g/mol.